The molecule has 6 fully saturated rings. The number of aliphatic carboxylic acids is 1. The zero-order valence-corrected chi connectivity index (χ0v) is 34.6. The fourth-order valence-corrected chi connectivity index (χ4v) is 15.1. The Morgan fingerprint density at radius 1 is 0.792 bits per heavy atom. The number of carbonyl (C=O) groups is 4. The van der Waals surface area contributed by atoms with Crippen LogP contribution in [0.3, 0.4) is 0 Å². The van der Waals surface area contributed by atoms with Crippen LogP contribution in [0.5, 0.6) is 0 Å². The van der Waals surface area contributed by atoms with Crippen LogP contribution in [-0.2, 0) is 23.9 Å². The van der Waals surface area contributed by atoms with Crippen LogP contribution in [0.25, 0.3) is 0 Å². The van der Waals surface area contributed by atoms with E-state index in [-0.39, 0.29) is 62.8 Å². The Kier molecular flexibility index (Phi) is 9.74. The van der Waals surface area contributed by atoms with Gasteiger partial charge in [0.1, 0.15) is 6.10 Å². The largest absolute Gasteiger partial charge is 0.481 e. The summed E-state index contributed by atoms with van der Waals surface area (Å²) in [5.41, 5.74) is 2.04. The number of ether oxygens (including phenoxy) is 1. The van der Waals surface area contributed by atoms with Crippen molar-refractivity contribution in [1.82, 2.24) is 5.32 Å². The zero-order chi connectivity index (χ0) is 38.5. The first-order valence-corrected chi connectivity index (χ1v) is 21.7. The molecule has 0 aromatic rings. The minimum absolute atomic E-state index is 0.0861. The molecule has 7 heteroatoms. The molecule has 7 nitrogen and oxygen atoms in total. The number of fused-ring (bicyclic) bond motifs is 7. The predicted octanol–water partition coefficient (Wildman–Crippen LogP) is 9.71. The molecule has 0 aliphatic heterocycles. The number of rotatable bonds is 8. The molecule has 1 amide bonds. The normalized spacial score (nSPS) is 43.2. The Morgan fingerprint density at radius 2 is 1.49 bits per heavy atom. The van der Waals surface area contributed by atoms with Crippen LogP contribution in [-0.4, -0.2) is 41.4 Å². The van der Waals surface area contributed by atoms with Gasteiger partial charge in [-0.15, -0.1) is 0 Å². The smallest absolute Gasteiger partial charge is 0.309 e. The minimum Gasteiger partial charge on any atom is -0.481 e. The number of esters is 1. The van der Waals surface area contributed by atoms with Gasteiger partial charge in [0.15, 0.2) is 5.78 Å². The molecule has 6 saturated carbocycles. The molecule has 7 aliphatic rings. The molecule has 2 N–H and O–H groups in total. The van der Waals surface area contributed by atoms with Crippen molar-refractivity contribution in [1.29, 1.82) is 0 Å². The highest BCUT2D eigenvalue weighted by Crippen LogP contribution is 2.77. The van der Waals surface area contributed by atoms with Crippen LogP contribution >= 0.6 is 0 Å². The van der Waals surface area contributed by atoms with E-state index in [9.17, 15) is 24.3 Å². The maximum Gasteiger partial charge on any atom is 0.309 e. The molecule has 0 aromatic carbocycles. The van der Waals surface area contributed by atoms with Gasteiger partial charge < -0.3 is 15.2 Å². The van der Waals surface area contributed by atoms with E-state index in [1.807, 2.05) is 13.8 Å². The molecule has 0 bridgehead atoms. The Hall–Kier alpha value is -2.18. The molecule has 10 atom stereocenters. The van der Waals surface area contributed by atoms with Crippen molar-refractivity contribution in [3.05, 3.63) is 11.1 Å². The molecule has 0 unspecified atom stereocenters. The molecule has 7 rings (SSSR count). The van der Waals surface area contributed by atoms with Crippen molar-refractivity contribution < 1.29 is 29.0 Å². The lowest BCUT2D eigenvalue weighted by Crippen LogP contribution is -2.66. The number of hydrogen-bond acceptors (Lipinski definition) is 5. The van der Waals surface area contributed by atoms with Crippen LogP contribution in [0.15, 0.2) is 11.1 Å². The lowest BCUT2D eigenvalue weighted by atomic mass is 9.33. The number of carboxylic acids is 1. The predicted molar refractivity (Wildman–Crippen MR) is 207 cm³/mol. The average molecular weight is 734 g/mol. The van der Waals surface area contributed by atoms with Gasteiger partial charge in [-0.2, -0.15) is 0 Å². The van der Waals surface area contributed by atoms with E-state index in [0.717, 1.165) is 89.0 Å². The van der Waals surface area contributed by atoms with Gasteiger partial charge in [0, 0.05) is 29.7 Å². The summed E-state index contributed by atoms with van der Waals surface area (Å²) in [7, 11) is 0. The van der Waals surface area contributed by atoms with Gasteiger partial charge >= 0.3 is 11.9 Å². The summed E-state index contributed by atoms with van der Waals surface area (Å²) < 4.78 is 6.42. The summed E-state index contributed by atoms with van der Waals surface area (Å²) >= 11 is 0. The number of hydrogen-bond donors (Lipinski definition) is 2. The summed E-state index contributed by atoms with van der Waals surface area (Å²) in [6, 6.07) is 0. The second-order valence-electron chi connectivity index (χ2n) is 21.6. The van der Waals surface area contributed by atoms with E-state index in [2.05, 4.69) is 53.8 Å². The van der Waals surface area contributed by atoms with Crippen molar-refractivity contribution in [3.8, 4) is 0 Å². The summed E-state index contributed by atoms with van der Waals surface area (Å²) in [6.45, 7) is 21.3. The highest BCUT2D eigenvalue weighted by Gasteiger charge is 2.70. The highest BCUT2D eigenvalue weighted by atomic mass is 16.5. The maximum absolute atomic E-state index is 14.0. The van der Waals surface area contributed by atoms with E-state index in [0.29, 0.717) is 42.9 Å². The third-order valence-electron chi connectivity index (χ3n) is 18.5. The van der Waals surface area contributed by atoms with Crippen LogP contribution in [0.4, 0.5) is 0 Å². The Labute approximate surface area is 320 Å². The number of Topliss-reactive ketones (excluding diaryl/α,β-unsaturated/α-hetero) is 1. The SMILES string of the molecule is CC(C)C1=C2[C@H]3CC[C@@H]4[C@@]5(C)CC[C@H](OC(=O)[C@H]6C[C@@H](C(=O)O)C6(C)C)C(C)(C)[C@@H]5CC[C@@]4(C)[C@]3(C)CC[C@@]2(CCNC(=O)C2CCCCC2)CC1=O. The first-order chi connectivity index (χ1) is 24.7. The molecule has 0 radical (unpaired) electrons. The van der Waals surface area contributed by atoms with Crippen LogP contribution in [0.1, 0.15) is 165 Å². The standard InChI is InChI=1S/C46H71NO6/c1-27(2)36-32(48)26-46(23-24-47-38(49)28-13-11-10-12-14-28)22-21-44(8)29(37(36)46)15-16-34-43(7)19-18-35(42(5,6)33(43)17-20-45(34,44)9)53-40(52)31-25-30(39(50)51)41(31,3)4/h27-31,33-35H,10-26H2,1-9H3,(H,47,49)(H,50,51)/t29-,30+,31-,33+,34-,35+,43+,44-,45-,46-/m1/s1. The van der Waals surface area contributed by atoms with E-state index < -0.39 is 17.3 Å². The molecule has 53 heavy (non-hydrogen) atoms. The quantitative estimate of drug-likeness (QED) is 0.241. The van der Waals surface area contributed by atoms with Crippen LogP contribution < -0.4 is 5.32 Å². The number of amides is 1. The number of allylic oxidation sites excluding steroid dienone is 2. The molecule has 7 aliphatic carbocycles. The second kappa shape index (κ2) is 13.2. The fourth-order valence-electron chi connectivity index (χ4n) is 15.1. The van der Waals surface area contributed by atoms with Crippen LogP contribution in [0, 0.1) is 73.9 Å². The Bertz CT molecular complexity index is 1550. The number of nitrogens with one attached hydrogen (secondary N) is 1. The molecule has 0 aromatic heterocycles. The number of carboxylic acid groups (broad SMARTS) is 1. The zero-order valence-electron chi connectivity index (χ0n) is 34.6. The van der Waals surface area contributed by atoms with E-state index in [1.165, 1.54) is 12.0 Å². The summed E-state index contributed by atoms with van der Waals surface area (Å²) in [4.78, 5) is 52.6. The van der Waals surface area contributed by atoms with Gasteiger partial charge in [0.05, 0.1) is 11.8 Å². The van der Waals surface area contributed by atoms with Crippen LogP contribution in [0.2, 0.25) is 0 Å². The monoisotopic (exact) mass is 734 g/mol. The van der Waals surface area contributed by atoms with Gasteiger partial charge in [-0.1, -0.05) is 87.1 Å². The minimum atomic E-state index is -0.820. The second-order valence-corrected chi connectivity index (χ2v) is 21.6. The summed E-state index contributed by atoms with van der Waals surface area (Å²) in [5.74, 6) is 0.427. The fraction of sp³-hybridized carbons (Fsp3) is 0.870. The third kappa shape index (κ3) is 5.75. The molecular weight excluding hydrogens is 663 g/mol. The molecule has 296 valence electrons. The lowest BCUT2D eigenvalue weighted by Gasteiger charge is -2.72. The lowest BCUT2D eigenvalue weighted by molar-refractivity contribution is -0.236. The molecule has 0 spiro atoms. The van der Waals surface area contributed by atoms with Gasteiger partial charge in [-0.25, -0.2) is 0 Å². The number of carbonyl (C=O) groups excluding carboxylic acids is 3. The first kappa shape index (κ1) is 39.1. The van der Waals surface area contributed by atoms with Gasteiger partial charge in [-0.3, -0.25) is 19.2 Å². The molecule has 0 heterocycles. The first-order valence-electron chi connectivity index (χ1n) is 21.7. The van der Waals surface area contributed by atoms with Crippen molar-refractivity contribution in [2.75, 3.05) is 6.54 Å². The Morgan fingerprint density at radius 3 is 2.13 bits per heavy atom. The van der Waals surface area contributed by atoms with Gasteiger partial charge in [0.2, 0.25) is 5.91 Å². The third-order valence-corrected chi connectivity index (χ3v) is 18.5. The summed E-state index contributed by atoms with van der Waals surface area (Å²) in [6.07, 6.45) is 15.8. The average Bonchev–Trinajstić information content (AvgIpc) is 3.38. The van der Waals surface area contributed by atoms with Crippen molar-refractivity contribution >= 4 is 23.6 Å². The number of ketones is 1. The molecule has 0 saturated heterocycles. The van der Waals surface area contributed by atoms with E-state index >= 15 is 0 Å². The van der Waals surface area contributed by atoms with Crippen molar-refractivity contribution in [2.24, 2.45) is 73.9 Å². The van der Waals surface area contributed by atoms with Gasteiger partial charge in [0.25, 0.3) is 0 Å². The van der Waals surface area contributed by atoms with E-state index in [1.54, 1.807) is 0 Å². The topological polar surface area (TPSA) is 110 Å². The van der Waals surface area contributed by atoms with E-state index in [4.69, 9.17) is 4.74 Å². The Balaban J connectivity index is 1.11. The summed E-state index contributed by atoms with van der Waals surface area (Å²) in [5, 5.41) is 13.0. The maximum atomic E-state index is 14.0. The van der Waals surface area contributed by atoms with Crippen molar-refractivity contribution in [2.45, 2.75) is 171 Å². The molecular formula is C46H71NO6. The highest BCUT2D eigenvalue weighted by molar-refractivity contribution is 6.00. The van der Waals surface area contributed by atoms with Gasteiger partial charge in [-0.05, 0) is 128 Å². The van der Waals surface area contributed by atoms with Crippen molar-refractivity contribution in [3.63, 3.8) is 0 Å².